The summed E-state index contributed by atoms with van der Waals surface area (Å²) in [6, 6.07) is 5.93. The minimum Gasteiger partial charge on any atom is -0.478 e. The van der Waals surface area contributed by atoms with E-state index >= 15 is 0 Å². The van der Waals surface area contributed by atoms with Crippen molar-refractivity contribution in [2.45, 2.75) is 0 Å². The van der Waals surface area contributed by atoms with E-state index in [9.17, 15) is 9.18 Å². The van der Waals surface area contributed by atoms with E-state index in [0.29, 0.717) is 5.57 Å². The number of halogens is 1. The van der Waals surface area contributed by atoms with E-state index in [2.05, 4.69) is 0 Å². The standard InChI is InChI=1S/C12H10FNO2/c13-10-3-5-11(6-4-10)14-7-1-2-9(8-14)12(15)16/h1-7H,8H2,(H,15,16). The van der Waals surface area contributed by atoms with Gasteiger partial charge in [-0.2, -0.15) is 0 Å². The molecule has 1 aliphatic heterocycles. The Labute approximate surface area is 92.1 Å². The normalized spacial score (nSPS) is 14.8. The van der Waals surface area contributed by atoms with Crippen molar-refractivity contribution in [2.75, 3.05) is 11.4 Å². The first-order valence-electron chi connectivity index (χ1n) is 4.80. The quantitative estimate of drug-likeness (QED) is 0.828. The fourth-order valence-corrected chi connectivity index (χ4v) is 1.50. The molecule has 0 amide bonds. The van der Waals surface area contributed by atoms with Crippen LogP contribution in [0.3, 0.4) is 0 Å². The molecule has 1 aliphatic rings. The zero-order valence-corrected chi connectivity index (χ0v) is 8.43. The predicted octanol–water partition coefficient (Wildman–Crippen LogP) is 2.17. The molecular formula is C12H10FNO2. The lowest BCUT2D eigenvalue weighted by Gasteiger charge is -2.23. The van der Waals surface area contributed by atoms with Gasteiger partial charge >= 0.3 is 5.97 Å². The van der Waals surface area contributed by atoms with Gasteiger partial charge < -0.3 is 10.0 Å². The Morgan fingerprint density at radius 2 is 2.00 bits per heavy atom. The van der Waals surface area contributed by atoms with Crippen LogP contribution in [0.1, 0.15) is 0 Å². The summed E-state index contributed by atoms with van der Waals surface area (Å²) in [6.45, 7) is 0.289. The Balaban J connectivity index is 2.19. The topological polar surface area (TPSA) is 40.5 Å². The molecule has 0 fully saturated rings. The van der Waals surface area contributed by atoms with Crippen LogP contribution >= 0.6 is 0 Å². The lowest BCUT2D eigenvalue weighted by Crippen LogP contribution is -2.24. The highest BCUT2D eigenvalue weighted by atomic mass is 19.1. The van der Waals surface area contributed by atoms with Crippen LogP contribution in [0.25, 0.3) is 0 Å². The molecule has 3 nitrogen and oxygen atoms in total. The summed E-state index contributed by atoms with van der Waals surface area (Å²) < 4.78 is 12.7. The van der Waals surface area contributed by atoms with Gasteiger partial charge in [0.1, 0.15) is 5.82 Å². The largest absolute Gasteiger partial charge is 0.478 e. The van der Waals surface area contributed by atoms with E-state index in [4.69, 9.17) is 5.11 Å². The number of carbonyl (C=O) groups is 1. The average Bonchev–Trinajstić information content (AvgIpc) is 2.30. The Morgan fingerprint density at radius 1 is 1.31 bits per heavy atom. The van der Waals surface area contributed by atoms with Crippen molar-refractivity contribution < 1.29 is 14.3 Å². The highest BCUT2D eigenvalue weighted by Crippen LogP contribution is 2.19. The third-order valence-corrected chi connectivity index (χ3v) is 2.34. The number of aliphatic carboxylic acids is 1. The van der Waals surface area contributed by atoms with Gasteiger partial charge in [-0.25, -0.2) is 9.18 Å². The smallest absolute Gasteiger partial charge is 0.333 e. The van der Waals surface area contributed by atoms with Crippen LogP contribution < -0.4 is 4.90 Å². The molecule has 1 aromatic carbocycles. The van der Waals surface area contributed by atoms with Gasteiger partial charge in [0.25, 0.3) is 0 Å². The molecule has 0 aromatic heterocycles. The molecular weight excluding hydrogens is 209 g/mol. The Kier molecular flexibility index (Phi) is 2.72. The maximum atomic E-state index is 12.7. The molecule has 0 saturated heterocycles. The molecule has 2 rings (SSSR count). The maximum Gasteiger partial charge on any atom is 0.333 e. The first-order valence-corrected chi connectivity index (χ1v) is 4.80. The Morgan fingerprint density at radius 3 is 2.62 bits per heavy atom. The highest BCUT2D eigenvalue weighted by molar-refractivity contribution is 5.88. The summed E-state index contributed by atoms with van der Waals surface area (Å²) >= 11 is 0. The summed E-state index contributed by atoms with van der Waals surface area (Å²) in [5.41, 5.74) is 1.08. The number of hydrogen-bond acceptors (Lipinski definition) is 2. The molecule has 4 heteroatoms. The third-order valence-electron chi connectivity index (χ3n) is 2.34. The second-order valence-corrected chi connectivity index (χ2v) is 3.44. The van der Waals surface area contributed by atoms with E-state index in [1.807, 2.05) is 0 Å². The van der Waals surface area contributed by atoms with Gasteiger partial charge in [-0.15, -0.1) is 0 Å². The van der Waals surface area contributed by atoms with Crippen molar-refractivity contribution >= 4 is 11.7 Å². The van der Waals surface area contributed by atoms with Crippen molar-refractivity contribution in [3.05, 3.63) is 54.0 Å². The van der Waals surface area contributed by atoms with Crippen LogP contribution in [-0.2, 0) is 4.79 Å². The van der Waals surface area contributed by atoms with Gasteiger partial charge in [-0.3, -0.25) is 0 Å². The zero-order chi connectivity index (χ0) is 11.5. The summed E-state index contributed by atoms with van der Waals surface area (Å²) in [6.07, 6.45) is 4.98. The SMILES string of the molecule is O=C(O)C1=CC=CN(c2ccc(F)cc2)C1. The van der Waals surface area contributed by atoms with Gasteiger partial charge in [0.2, 0.25) is 0 Å². The second kappa shape index (κ2) is 4.18. The maximum absolute atomic E-state index is 12.7. The van der Waals surface area contributed by atoms with Gasteiger partial charge in [0.05, 0.1) is 12.1 Å². The number of carboxylic acid groups (broad SMARTS) is 1. The van der Waals surface area contributed by atoms with Crippen LogP contribution in [0, 0.1) is 5.82 Å². The molecule has 1 heterocycles. The highest BCUT2D eigenvalue weighted by Gasteiger charge is 2.14. The van der Waals surface area contributed by atoms with Crippen molar-refractivity contribution in [1.82, 2.24) is 0 Å². The Bertz CT molecular complexity index is 462. The van der Waals surface area contributed by atoms with Crippen LogP contribution in [0.15, 0.2) is 48.2 Å². The number of hydrogen-bond donors (Lipinski definition) is 1. The van der Waals surface area contributed by atoms with E-state index < -0.39 is 5.97 Å². The molecule has 0 saturated carbocycles. The number of rotatable bonds is 2. The summed E-state index contributed by atoms with van der Waals surface area (Å²) in [5, 5.41) is 8.86. The van der Waals surface area contributed by atoms with Crippen molar-refractivity contribution in [3.63, 3.8) is 0 Å². The minimum absolute atomic E-state index is 0.289. The first kappa shape index (κ1) is 10.4. The summed E-state index contributed by atoms with van der Waals surface area (Å²) in [5.74, 6) is -1.24. The van der Waals surface area contributed by atoms with E-state index in [-0.39, 0.29) is 12.4 Å². The molecule has 1 aromatic rings. The van der Waals surface area contributed by atoms with Crippen molar-refractivity contribution in [3.8, 4) is 0 Å². The van der Waals surface area contributed by atoms with Crippen molar-refractivity contribution in [1.29, 1.82) is 0 Å². The van der Waals surface area contributed by atoms with Gasteiger partial charge in [-0.05, 0) is 36.4 Å². The van der Waals surface area contributed by atoms with E-state index in [0.717, 1.165) is 5.69 Å². The molecule has 0 aliphatic carbocycles. The predicted molar refractivity (Wildman–Crippen MR) is 58.6 cm³/mol. The van der Waals surface area contributed by atoms with Crippen LogP contribution in [0.2, 0.25) is 0 Å². The van der Waals surface area contributed by atoms with E-state index in [1.54, 1.807) is 35.4 Å². The number of anilines is 1. The number of benzene rings is 1. The molecule has 16 heavy (non-hydrogen) atoms. The fraction of sp³-hybridized carbons (Fsp3) is 0.0833. The molecule has 0 unspecified atom stereocenters. The second-order valence-electron chi connectivity index (χ2n) is 3.44. The van der Waals surface area contributed by atoms with E-state index in [1.165, 1.54) is 12.1 Å². The summed E-state index contributed by atoms with van der Waals surface area (Å²) in [7, 11) is 0. The molecule has 0 bridgehead atoms. The summed E-state index contributed by atoms with van der Waals surface area (Å²) in [4.78, 5) is 12.5. The lowest BCUT2D eigenvalue weighted by atomic mass is 10.1. The van der Waals surface area contributed by atoms with Gasteiger partial charge in [0, 0.05) is 11.9 Å². The number of carboxylic acids is 1. The van der Waals surface area contributed by atoms with Gasteiger partial charge in [0.15, 0.2) is 0 Å². The minimum atomic E-state index is -0.934. The molecule has 0 radical (unpaired) electrons. The Hall–Kier alpha value is -2.10. The monoisotopic (exact) mass is 219 g/mol. The zero-order valence-electron chi connectivity index (χ0n) is 8.43. The van der Waals surface area contributed by atoms with Gasteiger partial charge in [-0.1, -0.05) is 0 Å². The molecule has 0 atom stereocenters. The lowest BCUT2D eigenvalue weighted by molar-refractivity contribution is -0.132. The van der Waals surface area contributed by atoms with Crippen LogP contribution in [-0.4, -0.2) is 17.6 Å². The molecule has 82 valence electrons. The van der Waals surface area contributed by atoms with Crippen molar-refractivity contribution in [2.24, 2.45) is 0 Å². The number of allylic oxidation sites excluding steroid dienone is 2. The number of nitrogens with zero attached hydrogens (tertiary/aromatic N) is 1. The van der Waals surface area contributed by atoms with Crippen LogP contribution in [0.4, 0.5) is 10.1 Å². The average molecular weight is 219 g/mol. The third kappa shape index (κ3) is 2.11. The fourth-order valence-electron chi connectivity index (χ4n) is 1.50. The molecule has 1 N–H and O–H groups in total. The van der Waals surface area contributed by atoms with Crippen LogP contribution in [0.5, 0.6) is 0 Å². The first-order chi connectivity index (χ1) is 7.66. The molecule has 0 spiro atoms.